The Morgan fingerprint density at radius 2 is 1.19 bits per heavy atom. The van der Waals surface area contributed by atoms with Gasteiger partial charge < -0.3 is 9.47 Å². The van der Waals surface area contributed by atoms with E-state index in [0.29, 0.717) is 28.2 Å². The predicted octanol–water partition coefficient (Wildman–Crippen LogP) is 8.63. The van der Waals surface area contributed by atoms with Gasteiger partial charge in [-0.15, -0.1) is 0 Å². The number of hydrogen-bond acceptors (Lipinski definition) is 4. The molecule has 2 aliphatic heterocycles. The Balaban J connectivity index is 1.33. The summed E-state index contributed by atoms with van der Waals surface area (Å²) in [6.07, 6.45) is 17.1. The van der Waals surface area contributed by atoms with Gasteiger partial charge in [0, 0.05) is 11.1 Å². The topological polar surface area (TPSA) is 52.6 Å². The largest absolute Gasteiger partial charge is 0.422 e. The molecule has 0 aliphatic carbocycles. The summed E-state index contributed by atoms with van der Waals surface area (Å²) in [5.41, 5.74) is 3.15. The average Bonchev–Trinajstić information content (AvgIpc) is 3.38. The quantitative estimate of drug-likeness (QED) is 0.116. The van der Waals surface area contributed by atoms with Crippen LogP contribution in [0.5, 0.6) is 11.5 Å². The fraction of sp³-hybridized carbons (Fsp3) is 0.500. The van der Waals surface area contributed by atoms with Crippen LogP contribution in [0.1, 0.15) is 120 Å². The summed E-state index contributed by atoms with van der Waals surface area (Å²) in [5, 5.41) is 0. The fourth-order valence-corrected chi connectivity index (χ4v) is 5.50. The molecule has 2 heterocycles. The normalized spacial score (nSPS) is 17.1. The number of rotatable bonds is 14. The van der Waals surface area contributed by atoms with Crippen LogP contribution in [0, 0.1) is 0 Å². The minimum Gasteiger partial charge on any atom is -0.422 e. The summed E-state index contributed by atoms with van der Waals surface area (Å²) in [5.74, 6) is 0.339. The molecule has 0 aromatic heterocycles. The number of unbranched alkanes of at least 4 members (excludes halogenated alkanes) is 11. The Morgan fingerprint density at radius 1 is 0.639 bits per heavy atom. The molecule has 4 rings (SSSR count). The van der Waals surface area contributed by atoms with Crippen molar-refractivity contribution in [2.75, 3.05) is 0 Å². The second-order valence-electron chi connectivity index (χ2n) is 10.3. The molecule has 2 aromatic carbocycles. The number of hydrogen-bond donors (Lipinski definition) is 0. The molecule has 4 heteroatoms. The molecule has 0 fully saturated rings. The van der Waals surface area contributed by atoms with Crippen LogP contribution in [0.2, 0.25) is 0 Å². The maximum atomic E-state index is 12.9. The molecule has 1 atom stereocenters. The fourth-order valence-electron chi connectivity index (χ4n) is 5.50. The molecule has 0 spiro atoms. The zero-order chi connectivity index (χ0) is 25.3. The van der Waals surface area contributed by atoms with Crippen LogP contribution in [-0.4, -0.2) is 11.9 Å². The van der Waals surface area contributed by atoms with E-state index >= 15 is 0 Å². The van der Waals surface area contributed by atoms with Crippen LogP contribution in [-0.2, 0) is 9.59 Å². The first-order valence-electron chi connectivity index (χ1n) is 14.0. The molecule has 36 heavy (non-hydrogen) atoms. The third kappa shape index (κ3) is 6.08. The minimum atomic E-state index is -0.487. The van der Waals surface area contributed by atoms with Crippen LogP contribution in [0.3, 0.4) is 0 Å². The van der Waals surface area contributed by atoms with Crippen LogP contribution in [0.15, 0.2) is 42.5 Å². The highest BCUT2D eigenvalue weighted by Gasteiger charge is 2.39. The zero-order valence-corrected chi connectivity index (χ0v) is 21.9. The van der Waals surface area contributed by atoms with Crippen molar-refractivity contribution in [3.05, 3.63) is 59.2 Å². The Morgan fingerprint density at radius 3 is 1.89 bits per heavy atom. The number of carbonyl (C=O) groups is 2. The Labute approximate surface area is 216 Å². The van der Waals surface area contributed by atoms with Gasteiger partial charge >= 0.3 is 11.9 Å². The Kier molecular flexibility index (Phi) is 9.38. The van der Waals surface area contributed by atoms with Gasteiger partial charge in [0.1, 0.15) is 11.5 Å². The molecule has 0 bridgehead atoms. The van der Waals surface area contributed by atoms with E-state index in [0.717, 1.165) is 24.0 Å². The van der Waals surface area contributed by atoms with E-state index in [2.05, 4.69) is 19.9 Å². The lowest BCUT2D eigenvalue weighted by molar-refractivity contribution is -0.128. The zero-order valence-electron chi connectivity index (χ0n) is 21.9. The monoisotopic (exact) mass is 488 g/mol. The smallest absolute Gasteiger partial charge is 0.345 e. The summed E-state index contributed by atoms with van der Waals surface area (Å²) in [6.45, 7) is 4.48. The summed E-state index contributed by atoms with van der Waals surface area (Å²) in [4.78, 5) is 25.7. The summed E-state index contributed by atoms with van der Waals surface area (Å²) in [7, 11) is 0. The first-order chi connectivity index (χ1) is 17.6. The van der Waals surface area contributed by atoms with Crippen molar-refractivity contribution in [1.82, 2.24) is 0 Å². The lowest BCUT2D eigenvalue weighted by Gasteiger charge is -2.16. The van der Waals surface area contributed by atoms with Gasteiger partial charge in [-0.2, -0.15) is 0 Å². The van der Waals surface area contributed by atoms with E-state index in [1.165, 1.54) is 70.6 Å². The van der Waals surface area contributed by atoms with Crippen LogP contribution >= 0.6 is 0 Å². The van der Waals surface area contributed by atoms with Crippen molar-refractivity contribution in [2.24, 2.45) is 0 Å². The third-order valence-corrected chi connectivity index (χ3v) is 7.55. The summed E-state index contributed by atoms with van der Waals surface area (Å²) >= 11 is 0. The van der Waals surface area contributed by atoms with Crippen molar-refractivity contribution in [1.29, 1.82) is 0 Å². The Bertz CT molecular complexity index is 1100. The first-order valence-corrected chi connectivity index (χ1v) is 14.0. The molecule has 0 saturated heterocycles. The predicted molar refractivity (Wildman–Crippen MR) is 145 cm³/mol. The molecule has 192 valence electrons. The maximum Gasteiger partial charge on any atom is 0.345 e. The van der Waals surface area contributed by atoms with E-state index in [-0.39, 0.29) is 5.92 Å². The van der Waals surface area contributed by atoms with Gasteiger partial charge in [-0.1, -0.05) is 121 Å². The third-order valence-electron chi connectivity index (χ3n) is 7.55. The molecule has 1 unspecified atom stereocenters. The molecular weight excluding hydrogens is 448 g/mol. The molecule has 0 N–H and O–H groups in total. The van der Waals surface area contributed by atoms with E-state index in [9.17, 15) is 9.59 Å². The molecule has 2 aliphatic rings. The van der Waals surface area contributed by atoms with Crippen molar-refractivity contribution >= 4 is 23.1 Å². The lowest BCUT2D eigenvalue weighted by atomic mass is 9.86. The number of ether oxygens (including phenoxy) is 2. The molecule has 0 amide bonds. The van der Waals surface area contributed by atoms with E-state index in [1.807, 2.05) is 30.3 Å². The number of fused-ring (bicyclic) bond motifs is 2. The van der Waals surface area contributed by atoms with Gasteiger partial charge in [0.2, 0.25) is 0 Å². The standard InChI is InChI=1S/C32H40O4/c1-3-4-5-6-7-8-9-10-11-12-13-14-18-23(2)24-20-17-22-27-28(24)30(32(34)36-27)29-25-19-15-16-21-26(25)35-31(29)33/h15-17,19-23H,3-14,18H2,1-2H3. The molecule has 2 aromatic rings. The summed E-state index contributed by atoms with van der Waals surface area (Å²) < 4.78 is 11.0. The SMILES string of the molecule is CCCCCCCCCCCCCCC(C)c1cccc2c1C(=C1C(=O)Oc3ccccc31)C(=O)O2. The van der Waals surface area contributed by atoms with Gasteiger partial charge in [0.15, 0.2) is 0 Å². The highest BCUT2D eigenvalue weighted by molar-refractivity contribution is 6.41. The number of carbonyl (C=O) groups excluding carboxylic acids is 2. The van der Waals surface area contributed by atoms with Crippen LogP contribution in [0.25, 0.3) is 11.1 Å². The van der Waals surface area contributed by atoms with Crippen molar-refractivity contribution in [3.63, 3.8) is 0 Å². The Hall–Kier alpha value is -2.88. The van der Waals surface area contributed by atoms with Gasteiger partial charge in [0.25, 0.3) is 0 Å². The van der Waals surface area contributed by atoms with Crippen molar-refractivity contribution in [2.45, 2.75) is 103 Å². The number of esters is 2. The summed E-state index contributed by atoms with van der Waals surface area (Å²) in [6, 6.07) is 13.1. The second kappa shape index (κ2) is 12.9. The van der Waals surface area contributed by atoms with E-state index < -0.39 is 11.9 Å². The molecule has 0 saturated carbocycles. The number of para-hydroxylation sites is 1. The van der Waals surface area contributed by atoms with Crippen LogP contribution < -0.4 is 9.47 Å². The maximum absolute atomic E-state index is 12.9. The highest BCUT2D eigenvalue weighted by atomic mass is 16.5. The number of benzene rings is 2. The molecule has 0 radical (unpaired) electrons. The minimum absolute atomic E-state index is 0.265. The average molecular weight is 489 g/mol. The second-order valence-corrected chi connectivity index (χ2v) is 10.3. The van der Waals surface area contributed by atoms with Gasteiger partial charge in [-0.3, -0.25) is 0 Å². The first kappa shape index (κ1) is 26.2. The molecular formula is C32H40O4. The van der Waals surface area contributed by atoms with Crippen LogP contribution in [0.4, 0.5) is 0 Å². The van der Waals surface area contributed by atoms with Gasteiger partial charge in [0.05, 0.1) is 11.1 Å². The van der Waals surface area contributed by atoms with E-state index in [1.54, 1.807) is 6.07 Å². The van der Waals surface area contributed by atoms with Crippen molar-refractivity contribution < 1.29 is 19.1 Å². The molecule has 4 nitrogen and oxygen atoms in total. The van der Waals surface area contributed by atoms with Gasteiger partial charge in [-0.25, -0.2) is 9.59 Å². The highest BCUT2D eigenvalue weighted by Crippen LogP contribution is 2.47. The van der Waals surface area contributed by atoms with Crippen molar-refractivity contribution in [3.8, 4) is 11.5 Å². The lowest BCUT2D eigenvalue weighted by Crippen LogP contribution is -2.09. The van der Waals surface area contributed by atoms with Gasteiger partial charge in [-0.05, 0) is 30.0 Å². The van der Waals surface area contributed by atoms with E-state index in [4.69, 9.17) is 9.47 Å².